The molecule has 0 aliphatic carbocycles. The van der Waals surface area contributed by atoms with E-state index in [1.807, 2.05) is 0 Å². The first-order valence-electron chi connectivity index (χ1n) is 8.15. The largest absolute Gasteiger partial charge is 0.451 e. The van der Waals surface area contributed by atoms with Crippen LogP contribution in [0.3, 0.4) is 0 Å². The maximum Gasteiger partial charge on any atom is 0.290 e. The first-order chi connectivity index (χ1) is 11.5. The van der Waals surface area contributed by atoms with Gasteiger partial charge in [0.2, 0.25) is 0 Å². The fourth-order valence-corrected chi connectivity index (χ4v) is 3.68. The monoisotopic (exact) mass is 331 g/mol. The third-order valence-electron chi connectivity index (χ3n) is 5.11. The third kappa shape index (κ3) is 2.24. The summed E-state index contributed by atoms with van der Waals surface area (Å²) < 4.78 is 24.7. The van der Waals surface area contributed by atoms with Gasteiger partial charge in [-0.15, -0.1) is 0 Å². The molecular formula is C18H18FNO4. The van der Waals surface area contributed by atoms with E-state index < -0.39 is 5.60 Å². The van der Waals surface area contributed by atoms with Gasteiger partial charge >= 0.3 is 0 Å². The maximum absolute atomic E-state index is 13.4. The van der Waals surface area contributed by atoms with Crippen LogP contribution in [0.5, 0.6) is 0 Å². The lowest BCUT2D eigenvalue weighted by molar-refractivity contribution is -0.144. The number of hydrogen-bond acceptors (Lipinski definition) is 4. The average molecular weight is 331 g/mol. The van der Waals surface area contributed by atoms with Gasteiger partial charge in [0.15, 0.2) is 11.5 Å². The highest BCUT2D eigenvalue weighted by molar-refractivity contribution is 6.02. The molecular weight excluding hydrogens is 313 g/mol. The highest BCUT2D eigenvalue weighted by Crippen LogP contribution is 2.34. The molecule has 3 heterocycles. The Labute approximate surface area is 138 Å². The van der Waals surface area contributed by atoms with Gasteiger partial charge in [0.1, 0.15) is 17.0 Å². The van der Waals surface area contributed by atoms with Crippen molar-refractivity contribution in [3.8, 4) is 0 Å². The molecule has 1 spiro atoms. The molecule has 1 atom stereocenters. The summed E-state index contributed by atoms with van der Waals surface area (Å²) in [7, 11) is 0. The molecule has 0 saturated carbocycles. The van der Waals surface area contributed by atoms with Crippen molar-refractivity contribution in [2.24, 2.45) is 0 Å². The van der Waals surface area contributed by atoms with Crippen molar-refractivity contribution < 1.29 is 23.1 Å². The van der Waals surface area contributed by atoms with E-state index in [0.717, 1.165) is 12.8 Å². The molecule has 2 aromatic rings. The smallest absolute Gasteiger partial charge is 0.290 e. The number of aryl methyl sites for hydroxylation is 1. The quantitative estimate of drug-likeness (QED) is 0.806. The van der Waals surface area contributed by atoms with Crippen LogP contribution >= 0.6 is 0 Å². The summed E-state index contributed by atoms with van der Waals surface area (Å²) in [5, 5.41) is 0.581. The van der Waals surface area contributed by atoms with Gasteiger partial charge in [-0.1, -0.05) is 0 Å². The summed E-state index contributed by atoms with van der Waals surface area (Å²) in [5.41, 5.74) is 0.374. The zero-order valence-electron chi connectivity index (χ0n) is 13.4. The van der Waals surface area contributed by atoms with Gasteiger partial charge in [-0.3, -0.25) is 9.59 Å². The molecule has 2 aliphatic heterocycles. The van der Waals surface area contributed by atoms with Crippen molar-refractivity contribution in [2.75, 3.05) is 19.7 Å². The molecule has 2 fully saturated rings. The number of rotatable bonds is 1. The average Bonchev–Trinajstić information content (AvgIpc) is 3.16. The van der Waals surface area contributed by atoms with Crippen LogP contribution in [0.1, 0.15) is 35.4 Å². The summed E-state index contributed by atoms with van der Waals surface area (Å²) in [6.45, 7) is 2.82. The van der Waals surface area contributed by atoms with E-state index >= 15 is 0 Å². The number of ketones is 1. The highest BCUT2D eigenvalue weighted by Gasteiger charge is 2.46. The lowest BCUT2D eigenvalue weighted by Crippen LogP contribution is -2.53. The molecule has 5 nitrogen and oxygen atoms in total. The Hall–Kier alpha value is -2.21. The van der Waals surface area contributed by atoms with Gasteiger partial charge in [-0.05, 0) is 38.0 Å². The van der Waals surface area contributed by atoms with Crippen LogP contribution in [0.15, 0.2) is 22.6 Å². The molecule has 0 bridgehead atoms. The fraction of sp³-hybridized carbons (Fsp3) is 0.444. The first-order valence-corrected chi connectivity index (χ1v) is 8.15. The van der Waals surface area contributed by atoms with E-state index in [0.29, 0.717) is 36.1 Å². The first kappa shape index (κ1) is 15.3. The van der Waals surface area contributed by atoms with Crippen molar-refractivity contribution in [3.05, 3.63) is 35.3 Å². The Balaban J connectivity index is 1.61. The number of benzene rings is 1. The Bertz CT molecular complexity index is 835. The van der Waals surface area contributed by atoms with E-state index in [2.05, 4.69) is 0 Å². The summed E-state index contributed by atoms with van der Waals surface area (Å²) in [6.07, 6.45) is 2.14. The molecule has 0 radical (unpaired) electrons. The van der Waals surface area contributed by atoms with Gasteiger partial charge in [-0.2, -0.15) is 0 Å². The molecule has 2 saturated heterocycles. The lowest BCUT2D eigenvalue weighted by atomic mass is 9.87. The van der Waals surface area contributed by atoms with Gasteiger partial charge in [-0.25, -0.2) is 4.39 Å². The van der Waals surface area contributed by atoms with Crippen molar-refractivity contribution in [1.29, 1.82) is 0 Å². The van der Waals surface area contributed by atoms with E-state index in [-0.39, 0.29) is 29.8 Å². The Morgan fingerprint density at radius 2 is 2.17 bits per heavy atom. The zero-order valence-corrected chi connectivity index (χ0v) is 13.4. The number of carbonyl (C=O) groups excluding carboxylic acids is 2. The number of hydrogen-bond donors (Lipinski definition) is 0. The number of fused-ring (bicyclic) bond motifs is 1. The third-order valence-corrected chi connectivity index (χ3v) is 5.11. The summed E-state index contributed by atoms with van der Waals surface area (Å²) >= 11 is 0. The molecule has 0 N–H and O–H groups in total. The van der Waals surface area contributed by atoms with Crippen molar-refractivity contribution in [3.63, 3.8) is 0 Å². The summed E-state index contributed by atoms with van der Waals surface area (Å²) in [5.74, 6) is -0.574. The highest BCUT2D eigenvalue weighted by atomic mass is 19.1. The summed E-state index contributed by atoms with van der Waals surface area (Å²) in [6, 6.07) is 4.16. The number of Topliss-reactive ketones (excluding diaryl/α,β-unsaturated/α-hetero) is 1. The number of piperidine rings is 1. The minimum absolute atomic E-state index is 0.0314. The molecule has 0 unspecified atom stereocenters. The normalized spacial score (nSPS) is 24.2. The van der Waals surface area contributed by atoms with Crippen molar-refractivity contribution in [2.45, 2.75) is 31.8 Å². The van der Waals surface area contributed by atoms with E-state index in [1.165, 1.54) is 23.1 Å². The number of amides is 1. The predicted molar refractivity (Wildman–Crippen MR) is 84.4 cm³/mol. The van der Waals surface area contributed by atoms with E-state index in [1.54, 1.807) is 6.92 Å². The second-order valence-corrected chi connectivity index (χ2v) is 6.54. The second kappa shape index (κ2) is 5.41. The Kier molecular flexibility index (Phi) is 3.46. The zero-order chi connectivity index (χ0) is 16.9. The van der Waals surface area contributed by atoms with Crippen molar-refractivity contribution in [1.82, 2.24) is 4.90 Å². The Morgan fingerprint density at radius 3 is 2.88 bits per heavy atom. The molecule has 1 aromatic heterocycles. The molecule has 126 valence electrons. The van der Waals surface area contributed by atoms with Gasteiger partial charge in [0.25, 0.3) is 5.91 Å². The molecule has 1 amide bonds. The van der Waals surface area contributed by atoms with Gasteiger partial charge < -0.3 is 14.1 Å². The predicted octanol–water partition coefficient (Wildman–Crippen LogP) is 2.84. The number of likely N-dealkylation sites (tertiary alicyclic amines) is 1. The van der Waals surface area contributed by atoms with Crippen LogP contribution in [0.4, 0.5) is 4.39 Å². The maximum atomic E-state index is 13.4. The van der Waals surface area contributed by atoms with E-state index in [9.17, 15) is 14.0 Å². The topological polar surface area (TPSA) is 59.8 Å². The molecule has 24 heavy (non-hydrogen) atoms. The van der Waals surface area contributed by atoms with Crippen LogP contribution in [-0.2, 0) is 9.53 Å². The van der Waals surface area contributed by atoms with Crippen LogP contribution < -0.4 is 0 Å². The number of carbonyl (C=O) groups is 2. The van der Waals surface area contributed by atoms with E-state index in [4.69, 9.17) is 9.15 Å². The second-order valence-electron chi connectivity index (χ2n) is 6.54. The number of ether oxygens (including phenoxy) is 1. The minimum atomic E-state index is -0.692. The summed E-state index contributed by atoms with van der Waals surface area (Å²) in [4.78, 5) is 26.7. The molecule has 1 aromatic carbocycles. The van der Waals surface area contributed by atoms with Crippen LogP contribution in [-0.4, -0.2) is 41.9 Å². The molecule has 4 rings (SSSR count). The van der Waals surface area contributed by atoms with Crippen LogP contribution in [0, 0.1) is 12.7 Å². The van der Waals surface area contributed by atoms with Crippen LogP contribution in [0.2, 0.25) is 0 Å². The van der Waals surface area contributed by atoms with Gasteiger partial charge in [0, 0.05) is 30.5 Å². The number of furan rings is 1. The number of nitrogens with zero attached hydrogens (tertiary/aromatic N) is 1. The van der Waals surface area contributed by atoms with Crippen molar-refractivity contribution >= 4 is 22.7 Å². The Morgan fingerprint density at radius 1 is 1.33 bits per heavy atom. The van der Waals surface area contributed by atoms with Crippen LogP contribution in [0.25, 0.3) is 11.0 Å². The SMILES string of the molecule is Cc1c(C(=O)N2CC[C@@]3(CCCO3)C(=O)C2)oc2ccc(F)cc12. The molecule has 2 aliphatic rings. The molecule has 6 heteroatoms. The van der Waals surface area contributed by atoms with Gasteiger partial charge in [0.05, 0.1) is 6.54 Å². The fourth-order valence-electron chi connectivity index (χ4n) is 3.68. The minimum Gasteiger partial charge on any atom is -0.451 e. The number of halogens is 1. The lowest BCUT2D eigenvalue weighted by Gasteiger charge is -2.36. The standard InChI is InChI=1S/C18H18FNO4/c1-11-13-9-12(19)3-4-14(13)24-16(11)17(22)20-7-6-18(15(21)10-20)5-2-8-23-18/h3-4,9H,2,5-8,10H2,1H3/t18-/m0/s1.